The van der Waals surface area contributed by atoms with Gasteiger partial charge >= 0.3 is 6.18 Å². The van der Waals surface area contributed by atoms with Crippen molar-refractivity contribution in [1.29, 1.82) is 0 Å². The third-order valence-corrected chi connectivity index (χ3v) is 3.95. The Hall–Kier alpha value is -3.50. The van der Waals surface area contributed by atoms with Gasteiger partial charge in [-0.25, -0.2) is 14.7 Å². The molecule has 146 valence electrons. The zero-order chi connectivity index (χ0) is 20.6. The Balaban J connectivity index is 1.81. The monoisotopic (exact) mass is 393 g/mol. The molecule has 1 aliphatic rings. The van der Waals surface area contributed by atoms with Crippen LogP contribution in [0.15, 0.2) is 30.6 Å². The van der Waals surface area contributed by atoms with E-state index in [1.165, 1.54) is 32.6 Å². The third-order valence-electron chi connectivity index (χ3n) is 3.95. The predicted molar refractivity (Wildman–Crippen MR) is 89.8 cm³/mol. The number of carbonyl (C=O) groups is 3. The minimum atomic E-state index is -4.50. The molecule has 1 saturated heterocycles. The van der Waals surface area contributed by atoms with Crippen LogP contribution < -0.4 is 0 Å². The molecule has 0 radical (unpaired) electrons. The summed E-state index contributed by atoms with van der Waals surface area (Å²) in [5.74, 6) is -1.88. The van der Waals surface area contributed by atoms with E-state index in [0.29, 0.717) is 10.6 Å². The fourth-order valence-electron chi connectivity index (χ4n) is 2.63. The lowest BCUT2D eigenvalue weighted by Gasteiger charge is -2.19. The van der Waals surface area contributed by atoms with Crippen molar-refractivity contribution in [1.82, 2.24) is 24.8 Å². The van der Waals surface area contributed by atoms with Crippen LogP contribution in [-0.4, -0.2) is 49.6 Å². The number of hydrogen-bond acceptors (Lipinski definition) is 5. The van der Waals surface area contributed by atoms with Crippen LogP contribution in [0.3, 0.4) is 0 Å². The second-order valence-corrected chi connectivity index (χ2v) is 6.09. The van der Waals surface area contributed by atoms with Crippen LogP contribution in [0.25, 0.3) is 17.6 Å². The van der Waals surface area contributed by atoms with Crippen molar-refractivity contribution in [2.24, 2.45) is 0 Å². The summed E-state index contributed by atoms with van der Waals surface area (Å²) in [4.78, 5) is 39.1. The molecule has 0 unspecified atom stereocenters. The van der Waals surface area contributed by atoms with Crippen LogP contribution >= 0.6 is 0 Å². The van der Waals surface area contributed by atoms with E-state index in [4.69, 9.17) is 0 Å². The molecular formula is C17H14F3N5O3. The lowest BCUT2D eigenvalue weighted by molar-refractivity contribution is -0.155. The maximum atomic E-state index is 13.0. The Morgan fingerprint density at radius 1 is 1.18 bits per heavy atom. The van der Waals surface area contributed by atoms with Gasteiger partial charge in [0, 0.05) is 24.9 Å². The van der Waals surface area contributed by atoms with Crippen molar-refractivity contribution >= 4 is 23.9 Å². The number of imide groups is 1. The number of alkyl halides is 3. The number of hydrogen-bond donors (Lipinski definition) is 0. The first-order valence-corrected chi connectivity index (χ1v) is 7.98. The molecule has 28 heavy (non-hydrogen) atoms. The SMILES string of the molecule is Cc1cc(-c2ncn(/C=C\C(=O)N3C(=O)CC(=O)N3C)n2)cc(C(F)(F)F)c1. The minimum absolute atomic E-state index is 0.0378. The van der Waals surface area contributed by atoms with Gasteiger partial charge in [0.2, 0.25) is 0 Å². The molecule has 1 aliphatic heterocycles. The molecule has 0 aliphatic carbocycles. The highest BCUT2D eigenvalue weighted by atomic mass is 19.4. The number of benzene rings is 1. The average molecular weight is 393 g/mol. The van der Waals surface area contributed by atoms with Gasteiger partial charge in [-0.15, -0.1) is 5.10 Å². The first kappa shape index (κ1) is 19.3. The lowest BCUT2D eigenvalue weighted by atomic mass is 10.1. The van der Waals surface area contributed by atoms with Crippen molar-refractivity contribution in [2.75, 3.05) is 7.05 Å². The predicted octanol–water partition coefficient (Wildman–Crippen LogP) is 1.88. The number of amides is 3. The van der Waals surface area contributed by atoms with E-state index in [0.717, 1.165) is 27.9 Å². The van der Waals surface area contributed by atoms with E-state index in [-0.39, 0.29) is 11.4 Å². The molecule has 2 heterocycles. The van der Waals surface area contributed by atoms with Crippen molar-refractivity contribution in [3.63, 3.8) is 0 Å². The van der Waals surface area contributed by atoms with Crippen LogP contribution in [-0.2, 0) is 20.6 Å². The number of aryl methyl sites for hydroxylation is 1. The molecule has 8 nitrogen and oxygen atoms in total. The van der Waals surface area contributed by atoms with Crippen LogP contribution in [0.5, 0.6) is 0 Å². The van der Waals surface area contributed by atoms with Gasteiger partial charge in [-0.1, -0.05) is 0 Å². The quantitative estimate of drug-likeness (QED) is 0.587. The Bertz CT molecular complexity index is 996. The molecule has 0 spiro atoms. The smallest absolute Gasteiger partial charge is 0.272 e. The molecule has 0 saturated carbocycles. The molecule has 2 aromatic rings. The topological polar surface area (TPSA) is 88.4 Å². The maximum absolute atomic E-state index is 13.0. The van der Waals surface area contributed by atoms with Crippen LogP contribution in [0.2, 0.25) is 0 Å². The molecule has 1 fully saturated rings. The Morgan fingerprint density at radius 2 is 1.89 bits per heavy atom. The standard InChI is InChI=1S/C17H14F3N5O3/c1-10-5-11(7-12(6-10)17(18,19)20)16-21-9-24(22-16)4-3-13(26)25-15(28)8-14(27)23(25)2/h3-7,9H,8H2,1-2H3/b4-3-. The summed E-state index contributed by atoms with van der Waals surface area (Å²) >= 11 is 0. The third kappa shape index (κ3) is 3.77. The van der Waals surface area contributed by atoms with Gasteiger partial charge in [-0.2, -0.15) is 18.2 Å². The molecule has 1 aromatic heterocycles. The fraction of sp³-hybridized carbons (Fsp3) is 0.235. The van der Waals surface area contributed by atoms with E-state index in [1.54, 1.807) is 0 Å². The molecule has 0 N–H and O–H groups in total. The first-order chi connectivity index (χ1) is 13.1. The highest BCUT2D eigenvalue weighted by Crippen LogP contribution is 2.32. The summed E-state index contributed by atoms with van der Waals surface area (Å²) in [5, 5.41) is 5.61. The van der Waals surface area contributed by atoms with Crippen molar-refractivity contribution in [3.8, 4) is 11.4 Å². The highest BCUT2D eigenvalue weighted by Gasteiger charge is 2.36. The summed E-state index contributed by atoms with van der Waals surface area (Å²) in [6.45, 7) is 1.53. The lowest BCUT2D eigenvalue weighted by Crippen LogP contribution is -2.41. The molecule has 3 rings (SSSR count). The largest absolute Gasteiger partial charge is 0.416 e. The van der Waals surface area contributed by atoms with Gasteiger partial charge in [0.05, 0.1) is 5.56 Å². The van der Waals surface area contributed by atoms with Crippen molar-refractivity contribution < 1.29 is 27.6 Å². The second kappa shape index (κ2) is 6.91. The molecule has 0 atom stereocenters. The zero-order valence-electron chi connectivity index (χ0n) is 14.8. The zero-order valence-corrected chi connectivity index (χ0v) is 14.8. The van der Waals surface area contributed by atoms with Gasteiger partial charge < -0.3 is 0 Å². The normalized spacial score (nSPS) is 15.2. The summed E-state index contributed by atoms with van der Waals surface area (Å²) < 4.78 is 40.0. The van der Waals surface area contributed by atoms with Crippen molar-refractivity contribution in [3.05, 3.63) is 41.7 Å². The summed E-state index contributed by atoms with van der Waals surface area (Å²) in [6, 6.07) is 3.46. The first-order valence-electron chi connectivity index (χ1n) is 7.98. The van der Waals surface area contributed by atoms with E-state index < -0.39 is 35.9 Å². The average Bonchev–Trinajstić information content (AvgIpc) is 3.16. The number of rotatable bonds is 3. The second-order valence-electron chi connectivity index (χ2n) is 6.09. The van der Waals surface area contributed by atoms with Gasteiger partial charge in [0.25, 0.3) is 17.7 Å². The van der Waals surface area contributed by atoms with Gasteiger partial charge in [0.1, 0.15) is 12.7 Å². The maximum Gasteiger partial charge on any atom is 0.416 e. The summed E-state index contributed by atoms with van der Waals surface area (Å²) in [6.07, 6.45) is -1.50. The van der Waals surface area contributed by atoms with E-state index >= 15 is 0 Å². The number of halogens is 3. The molecule has 1 aromatic carbocycles. The van der Waals surface area contributed by atoms with E-state index in [9.17, 15) is 27.6 Å². The minimum Gasteiger partial charge on any atom is -0.272 e. The molecule has 3 amide bonds. The van der Waals surface area contributed by atoms with E-state index in [2.05, 4.69) is 10.1 Å². The Morgan fingerprint density at radius 3 is 2.50 bits per heavy atom. The van der Waals surface area contributed by atoms with Gasteiger partial charge in [-0.3, -0.25) is 14.4 Å². The van der Waals surface area contributed by atoms with Crippen LogP contribution in [0.4, 0.5) is 13.2 Å². The summed E-state index contributed by atoms with van der Waals surface area (Å²) in [7, 11) is 1.29. The number of carbonyl (C=O) groups excluding carboxylic acids is 3. The van der Waals surface area contributed by atoms with Crippen LogP contribution in [0.1, 0.15) is 17.5 Å². The number of aromatic nitrogens is 3. The van der Waals surface area contributed by atoms with Crippen molar-refractivity contribution in [2.45, 2.75) is 19.5 Å². The molecular weight excluding hydrogens is 379 g/mol. The highest BCUT2D eigenvalue weighted by molar-refractivity contribution is 6.12. The molecule has 11 heteroatoms. The summed E-state index contributed by atoms with van der Waals surface area (Å²) in [5.41, 5.74) is -0.247. The van der Waals surface area contributed by atoms with Crippen LogP contribution in [0, 0.1) is 6.92 Å². The fourth-order valence-corrected chi connectivity index (χ4v) is 2.63. The number of nitrogens with zero attached hydrogens (tertiary/aromatic N) is 5. The van der Waals surface area contributed by atoms with Gasteiger partial charge in [-0.05, 0) is 30.7 Å². The van der Waals surface area contributed by atoms with E-state index in [1.807, 2.05) is 0 Å². The Kier molecular flexibility index (Phi) is 4.75. The Labute approximate surface area is 156 Å². The molecule has 0 bridgehead atoms. The van der Waals surface area contributed by atoms with Gasteiger partial charge in [0.15, 0.2) is 5.82 Å². The number of hydrazine groups is 1.